The lowest BCUT2D eigenvalue weighted by Gasteiger charge is -2.35. The number of likely N-dealkylation sites (tertiary alicyclic amines) is 1. The van der Waals surface area contributed by atoms with E-state index >= 15 is 0 Å². The van der Waals surface area contributed by atoms with Gasteiger partial charge in [-0.3, -0.25) is 9.78 Å². The Kier molecular flexibility index (Phi) is 6.92. The zero-order chi connectivity index (χ0) is 21.6. The first-order chi connectivity index (χ1) is 15.2. The van der Waals surface area contributed by atoms with Crippen molar-refractivity contribution in [2.75, 3.05) is 13.2 Å². The van der Waals surface area contributed by atoms with Crippen LogP contribution in [0.1, 0.15) is 49.3 Å². The predicted molar refractivity (Wildman–Crippen MR) is 120 cm³/mol. The van der Waals surface area contributed by atoms with Gasteiger partial charge >= 0.3 is 0 Å². The molecule has 4 nitrogen and oxygen atoms in total. The van der Waals surface area contributed by atoms with Gasteiger partial charge < -0.3 is 10.0 Å². The first kappa shape index (κ1) is 21.4. The van der Waals surface area contributed by atoms with Gasteiger partial charge in [-0.2, -0.15) is 0 Å². The van der Waals surface area contributed by atoms with Gasteiger partial charge in [0.2, 0.25) is 5.91 Å². The van der Waals surface area contributed by atoms with E-state index < -0.39 is 0 Å². The van der Waals surface area contributed by atoms with Crippen LogP contribution in [0.3, 0.4) is 0 Å². The minimum Gasteiger partial charge on any atom is -0.396 e. The molecule has 2 aromatic carbocycles. The first-order valence-corrected chi connectivity index (χ1v) is 11.1. The van der Waals surface area contributed by atoms with Crippen molar-refractivity contribution >= 4 is 16.8 Å². The van der Waals surface area contributed by atoms with Crippen molar-refractivity contribution in [1.82, 2.24) is 9.88 Å². The van der Waals surface area contributed by atoms with Gasteiger partial charge in [0.1, 0.15) is 5.82 Å². The van der Waals surface area contributed by atoms with Gasteiger partial charge in [-0.25, -0.2) is 4.39 Å². The van der Waals surface area contributed by atoms with Crippen LogP contribution in [0.25, 0.3) is 10.9 Å². The molecule has 0 bridgehead atoms. The van der Waals surface area contributed by atoms with Gasteiger partial charge in [0, 0.05) is 31.2 Å². The molecule has 2 aliphatic rings. The van der Waals surface area contributed by atoms with Crippen LogP contribution in [0.5, 0.6) is 0 Å². The van der Waals surface area contributed by atoms with E-state index in [1.807, 2.05) is 29.2 Å². The van der Waals surface area contributed by atoms with Crippen molar-refractivity contribution in [3.8, 4) is 0 Å². The van der Waals surface area contributed by atoms with Crippen molar-refractivity contribution in [1.29, 1.82) is 0 Å². The van der Waals surface area contributed by atoms with Crippen molar-refractivity contribution < 1.29 is 14.3 Å². The van der Waals surface area contributed by atoms with Gasteiger partial charge in [-0.15, -0.1) is 0 Å². The fourth-order valence-electron chi connectivity index (χ4n) is 4.09. The van der Waals surface area contributed by atoms with Crippen LogP contribution in [0.4, 0.5) is 4.39 Å². The summed E-state index contributed by atoms with van der Waals surface area (Å²) in [6.45, 7) is 1.17. The Labute approximate surface area is 182 Å². The molecule has 5 heteroatoms. The van der Waals surface area contributed by atoms with Crippen LogP contribution in [-0.4, -0.2) is 34.0 Å². The molecule has 2 fully saturated rings. The fraction of sp³-hybridized carbons (Fsp3) is 0.385. The van der Waals surface area contributed by atoms with Crippen molar-refractivity contribution in [3.05, 3.63) is 77.7 Å². The summed E-state index contributed by atoms with van der Waals surface area (Å²) in [5, 5.41) is 9.30. The summed E-state index contributed by atoms with van der Waals surface area (Å²) in [4.78, 5) is 19.1. The second kappa shape index (κ2) is 10.0. The number of piperidine rings is 1. The molecule has 1 atom stereocenters. The number of carbonyl (C=O) groups is 1. The number of aliphatic hydroxyl groups is 1. The number of nitrogens with zero attached hydrogens (tertiary/aromatic N) is 2. The fourth-order valence-corrected chi connectivity index (χ4v) is 4.09. The Morgan fingerprint density at radius 3 is 2.52 bits per heavy atom. The molecule has 1 saturated heterocycles. The minimum absolute atomic E-state index is 0.101. The molecule has 1 saturated carbocycles. The van der Waals surface area contributed by atoms with E-state index in [0.29, 0.717) is 25.4 Å². The number of rotatable bonds is 5. The second-order valence-electron chi connectivity index (χ2n) is 8.43. The summed E-state index contributed by atoms with van der Waals surface area (Å²) in [6, 6.07) is 16.5. The number of benzene rings is 2. The SMILES string of the molecule is O=C1CCCCN1C(Cc1cccc2cccnc12)c1ccc(F)cc1.OCC1CC1. The Morgan fingerprint density at radius 2 is 1.84 bits per heavy atom. The molecule has 1 amide bonds. The standard InChI is InChI=1S/C22H21FN2O.C4H8O/c23-19-11-9-16(10-12-19)20(25-14-2-1-8-21(25)26)15-18-6-3-5-17-7-4-13-24-22(17)18;5-3-4-1-2-4/h3-7,9-13,20H,1-2,8,14-15H2;4-5H,1-3H2. The van der Waals surface area contributed by atoms with Gasteiger partial charge in [0.25, 0.3) is 0 Å². The maximum Gasteiger partial charge on any atom is 0.223 e. The molecular formula is C26H29FN2O2. The highest BCUT2D eigenvalue weighted by Gasteiger charge is 2.28. The average Bonchev–Trinajstić information content (AvgIpc) is 3.64. The highest BCUT2D eigenvalue weighted by molar-refractivity contribution is 5.82. The number of hydrogen-bond acceptors (Lipinski definition) is 3. The number of halogens is 1. The smallest absolute Gasteiger partial charge is 0.223 e. The topological polar surface area (TPSA) is 53.4 Å². The second-order valence-corrected chi connectivity index (χ2v) is 8.43. The molecule has 162 valence electrons. The number of hydrogen-bond donors (Lipinski definition) is 1. The lowest BCUT2D eigenvalue weighted by molar-refractivity contribution is -0.136. The van der Waals surface area contributed by atoms with E-state index in [0.717, 1.165) is 41.4 Å². The van der Waals surface area contributed by atoms with Gasteiger partial charge in [-0.1, -0.05) is 36.4 Å². The van der Waals surface area contributed by atoms with Crippen molar-refractivity contribution in [2.45, 2.75) is 44.6 Å². The zero-order valence-electron chi connectivity index (χ0n) is 17.7. The number of para-hydroxylation sites is 1. The number of pyridine rings is 1. The van der Waals surface area contributed by atoms with E-state index in [-0.39, 0.29) is 17.8 Å². The summed E-state index contributed by atoms with van der Waals surface area (Å²) in [6.07, 6.45) is 7.54. The number of aromatic nitrogens is 1. The largest absolute Gasteiger partial charge is 0.396 e. The van der Waals surface area contributed by atoms with Crippen LogP contribution in [0, 0.1) is 11.7 Å². The third-order valence-corrected chi connectivity index (χ3v) is 6.08. The van der Waals surface area contributed by atoms with E-state index in [2.05, 4.69) is 11.1 Å². The molecule has 1 aliphatic carbocycles. The Morgan fingerprint density at radius 1 is 1.06 bits per heavy atom. The molecule has 1 unspecified atom stereocenters. The quantitative estimate of drug-likeness (QED) is 0.628. The van der Waals surface area contributed by atoms with Crippen LogP contribution < -0.4 is 0 Å². The maximum absolute atomic E-state index is 13.4. The summed E-state index contributed by atoms with van der Waals surface area (Å²) in [7, 11) is 0. The van der Waals surface area contributed by atoms with Gasteiger partial charge in [0.15, 0.2) is 0 Å². The molecule has 5 rings (SSSR count). The van der Waals surface area contributed by atoms with Crippen LogP contribution >= 0.6 is 0 Å². The molecule has 1 N–H and O–H groups in total. The Hall–Kier alpha value is -2.79. The lowest BCUT2D eigenvalue weighted by atomic mass is 9.94. The molecular weight excluding hydrogens is 391 g/mol. The monoisotopic (exact) mass is 420 g/mol. The lowest BCUT2D eigenvalue weighted by Crippen LogP contribution is -2.39. The third kappa shape index (κ3) is 5.47. The Bertz CT molecular complexity index is 1010. The molecule has 2 heterocycles. The molecule has 0 radical (unpaired) electrons. The molecule has 0 spiro atoms. The molecule has 3 aromatic rings. The summed E-state index contributed by atoms with van der Waals surface area (Å²) in [5.74, 6) is 0.609. The van der Waals surface area contributed by atoms with Crippen molar-refractivity contribution in [3.63, 3.8) is 0 Å². The van der Waals surface area contributed by atoms with Crippen LogP contribution in [-0.2, 0) is 11.2 Å². The summed E-state index contributed by atoms with van der Waals surface area (Å²) >= 11 is 0. The average molecular weight is 421 g/mol. The van der Waals surface area contributed by atoms with E-state index in [1.54, 1.807) is 18.3 Å². The highest BCUT2D eigenvalue weighted by Crippen LogP contribution is 2.31. The highest BCUT2D eigenvalue weighted by atomic mass is 19.1. The number of carbonyl (C=O) groups excluding carboxylic acids is 1. The Balaban J connectivity index is 0.000000407. The molecule has 1 aromatic heterocycles. The third-order valence-electron chi connectivity index (χ3n) is 6.08. The van der Waals surface area contributed by atoms with E-state index in [4.69, 9.17) is 5.11 Å². The van der Waals surface area contributed by atoms with Crippen LogP contribution in [0.15, 0.2) is 60.8 Å². The normalized spacial score (nSPS) is 17.2. The van der Waals surface area contributed by atoms with Crippen molar-refractivity contribution in [2.24, 2.45) is 5.92 Å². The predicted octanol–water partition coefficient (Wildman–Crippen LogP) is 5.06. The summed E-state index contributed by atoms with van der Waals surface area (Å²) < 4.78 is 13.4. The molecule has 31 heavy (non-hydrogen) atoms. The minimum atomic E-state index is -0.260. The van der Waals surface area contributed by atoms with Gasteiger partial charge in [-0.05, 0) is 67.3 Å². The zero-order valence-corrected chi connectivity index (χ0v) is 17.7. The van der Waals surface area contributed by atoms with Gasteiger partial charge in [0.05, 0.1) is 11.6 Å². The number of amides is 1. The first-order valence-electron chi connectivity index (χ1n) is 11.1. The summed E-state index contributed by atoms with van der Waals surface area (Å²) in [5.41, 5.74) is 3.04. The number of aliphatic hydroxyl groups excluding tert-OH is 1. The molecule has 1 aliphatic heterocycles. The maximum atomic E-state index is 13.4. The van der Waals surface area contributed by atoms with Crippen LogP contribution in [0.2, 0.25) is 0 Å². The number of fused-ring (bicyclic) bond motifs is 1. The van der Waals surface area contributed by atoms with E-state index in [1.165, 1.54) is 25.0 Å². The van der Waals surface area contributed by atoms with E-state index in [9.17, 15) is 9.18 Å².